The van der Waals surface area contributed by atoms with Crippen LogP contribution in [0.3, 0.4) is 0 Å². The Bertz CT molecular complexity index is 923. The van der Waals surface area contributed by atoms with Gasteiger partial charge in [-0.25, -0.2) is 4.99 Å². The normalized spacial score (nSPS) is 14.2. The molecule has 0 amide bonds. The van der Waals surface area contributed by atoms with Crippen molar-refractivity contribution in [2.45, 2.75) is 0 Å². The van der Waals surface area contributed by atoms with Crippen molar-refractivity contribution in [1.82, 2.24) is 9.14 Å². The minimum absolute atomic E-state index is 0. The van der Waals surface area contributed by atoms with E-state index in [0.717, 1.165) is 16.9 Å². The molecule has 0 N–H and O–H groups in total. The molecule has 1 radical (unpaired) electrons. The maximum Gasteiger partial charge on any atom is 0.208 e. The summed E-state index contributed by atoms with van der Waals surface area (Å²) in [5, 5.41) is 2.41. The number of para-hydroxylation sites is 2. The summed E-state index contributed by atoms with van der Waals surface area (Å²) in [6, 6.07) is 18.6. The smallest absolute Gasteiger partial charge is 0.208 e. The molecule has 4 rings (SSSR count). The van der Waals surface area contributed by atoms with Crippen LogP contribution in [0.5, 0.6) is 0 Å². The first-order valence-electron chi connectivity index (χ1n) is 6.57. The topological polar surface area (TPSA) is 20.3 Å². The monoisotopic (exact) mass is 363 g/mol. The van der Waals surface area contributed by atoms with E-state index in [0.29, 0.717) is 0 Å². The molecule has 0 fully saturated rings. The van der Waals surface area contributed by atoms with Crippen molar-refractivity contribution in [1.29, 1.82) is 0 Å². The van der Waals surface area contributed by atoms with Crippen LogP contribution in [0.15, 0.2) is 65.8 Å². The molecule has 107 valence electrons. The number of rotatable bonds is 0. The van der Waals surface area contributed by atoms with Crippen LogP contribution >= 0.6 is 0 Å². The van der Waals surface area contributed by atoms with Crippen molar-refractivity contribution >= 4 is 28.5 Å². The molecule has 22 heavy (non-hydrogen) atoms. The van der Waals surface area contributed by atoms with E-state index in [1.54, 1.807) is 0 Å². The largest absolute Gasteiger partial charge is 0.358 e. The van der Waals surface area contributed by atoms with E-state index in [-0.39, 0.29) is 40.1 Å². The standard InChI is InChI=1S/C17H13N3.CH3.Y/c1-19-11-10-13-6-2-3-7-14(13)17(19)20-12-18-15-8-4-5-9-16(15)20;;/h2-11H,1H3;1H3;/q;-1;. The molecule has 0 saturated heterocycles. The molecule has 0 atom stereocenters. The van der Waals surface area contributed by atoms with E-state index < -0.39 is 0 Å². The fraction of sp³-hybridized carbons (Fsp3) is 0.0556. The molecule has 0 unspecified atom stereocenters. The summed E-state index contributed by atoms with van der Waals surface area (Å²) in [6.07, 6.45) is 5.18. The molecule has 1 aliphatic rings. The predicted octanol–water partition coefficient (Wildman–Crippen LogP) is 3.28. The number of aromatic nitrogens is 1. The van der Waals surface area contributed by atoms with Crippen LogP contribution in [-0.4, -0.2) is 10.9 Å². The molecule has 0 spiro atoms. The fourth-order valence-electron chi connectivity index (χ4n) is 2.64. The van der Waals surface area contributed by atoms with Crippen LogP contribution in [0.2, 0.25) is 0 Å². The van der Waals surface area contributed by atoms with Crippen molar-refractivity contribution in [3.8, 4) is 0 Å². The third kappa shape index (κ3) is 2.60. The molecule has 0 aliphatic carbocycles. The molecule has 2 aromatic carbocycles. The van der Waals surface area contributed by atoms with Crippen molar-refractivity contribution in [3.05, 3.63) is 73.7 Å². The number of pyridine rings is 1. The van der Waals surface area contributed by atoms with Gasteiger partial charge >= 0.3 is 0 Å². The Balaban J connectivity index is 0.000000882. The summed E-state index contributed by atoms with van der Waals surface area (Å²) >= 11 is 0. The number of hydrogen-bond donors (Lipinski definition) is 0. The Morgan fingerprint density at radius 1 is 1.00 bits per heavy atom. The average molecular weight is 363 g/mol. The Morgan fingerprint density at radius 3 is 2.59 bits per heavy atom. The van der Waals surface area contributed by atoms with Gasteiger partial charge < -0.3 is 16.6 Å². The molecular weight excluding hydrogens is 347 g/mol. The summed E-state index contributed by atoms with van der Waals surface area (Å²) in [4.78, 5) is 4.37. The van der Waals surface area contributed by atoms with Gasteiger partial charge in [-0.1, -0.05) is 48.5 Å². The van der Waals surface area contributed by atoms with Gasteiger partial charge in [0, 0.05) is 50.8 Å². The average Bonchev–Trinajstić information content (AvgIpc) is 2.91. The minimum atomic E-state index is 0. The Hall–Kier alpha value is -1.58. The second kappa shape index (κ2) is 6.68. The number of benzene rings is 2. The summed E-state index contributed by atoms with van der Waals surface area (Å²) in [5.74, 6) is 0. The van der Waals surface area contributed by atoms with E-state index in [2.05, 4.69) is 58.5 Å². The third-order valence-electron chi connectivity index (χ3n) is 3.62. The second-order valence-corrected chi connectivity index (χ2v) is 4.87. The van der Waals surface area contributed by atoms with Gasteiger partial charge in [-0.05, 0) is 11.5 Å². The Kier molecular flexibility index (Phi) is 5.10. The van der Waals surface area contributed by atoms with Gasteiger partial charge in [0.1, 0.15) is 0 Å². The molecule has 4 heteroatoms. The maximum absolute atomic E-state index is 4.37. The molecule has 0 bridgehead atoms. The zero-order chi connectivity index (χ0) is 13.5. The number of aryl methyl sites for hydroxylation is 1. The van der Waals surface area contributed by atoms with Gasteiger partial charge in [-0.15, -0.1) is 0 Å². The fourth-order valence-corrected chi connectivity index (χ4v) is 2.64. The van der Waals surface area contributed by atoms with E-state index in [4.69, 9.17) is 0 Å². The van der Waals surface area contributed by atoms with Gasteiger partial charge in [0.25, 0.3) is 0 Å². The maximum atomic E-state index is 4.37. The summed E-state index contributed by atoms with van der Waals surface area (Å²) < 4.78 is 4.13. The predicted molar refractivity (Wildman–Crippen MR) is 87.8 cm³/mol. The van der Waals surface area contributed by atoms with Gasteiger partial charge in [0.15, 0.2) is 5.49 Å². The van der Waals surface area contributed by atoms with Crippen molar-refractivity contribution in [3.63, 3.8) is 0 Å². The zero-order valence-electron chi connectivity index (χ0n) is 12.7. The van der Waals surface area contributed by atoms with Crippen LogP contribution < -0.4 is 10.1 Å². The number of hydrogen-bond acceptors (Lipinski definition) is 1. The molecule has 2 heterocycles. The van der Waals surface area contributed by atoms with Crippen molar-refractivity contribution < 1.29 is 32.7 Å². The summed E-state index contributed by atoms with van der Waals surface area (Å²) in [6.45, 7) is 0. The van der Waals surface area contributed by atoms with E-state index >= 15 is 0 Å². The van der Waals surface area contributed by atoms with E-state index in [1.807, 2.05) is 29.8 Å². The molecule has 0 saturated carbocycles. The van der Waals surface area contributed by atoms with Gasteiger partial charge in [0.05, 0.1) is 11.9 Å². The van der Waals surface area contributed by atoms with Gasteiger partial charge in [0.2, 0.25) is 6.34 Å². The van der Waals surface area contributed by atoms with Crippen LogP contribution in [0, 0.1) is 7.43 Å². The van der Waals surface area contributed by atoms with Crippen LogP contribution in [0.1, 0.15) is 0 Å². The zero-order valence-corrected chi connectivity index (χ0v) is 15.5. The third-order valence-corrected chi connectivity index (χ3v) is 3.62. The number of nitrogens with zero attached hydrogens (tertiary/aromatic N) is 3. The number of fused-ring (bicyclic) bond motifs is 2. The van der Waals surface area contributed by atoms with Gasteiger partial charge in [-0.2, -0.15) is 0 Å². The number of aliphatic imine (C=N–C) groups is 1. The first-order chi connectivity index (χ1) is 9.84. The van der Waals surface area contributed by atoms with E-state index in [1.165, 1.54) is 10.8 Å². The van der Waals surface area contributed by atoms with Crippen LogP contribution in [-0.2, 0) is 39.8 Å². The molecule has 3 nitrogen and oxygen atoms in total. The van der Waals surface area contributed by atoms with Gasteiger partial charge in [-0.3, -0.25) is 0 Å². The summed E-state index contributed by atoms with van der Waals surface area (Å²) in [5.41, 5.74) is 3.11. The quantitative estimate of drug-likeness (QED) is 0.432. The molecule has 1 aromatic heterocycles. The van der Waals surface area contributed by atoms with E-state index in [9.17, 15) is 0 Å². The summed E-state index contributed by atoms with van der Waals surface area (Å²) in [7, 11) is 2.05. The minimum Gasteiger partial charge on any atom is -0.358 e. The van der Waals surface area contributed by atoms with Crippen molar-refractivity contribution in [2.24, 2.45) is 12.0 Å². The first-order valence-corrected chi connectivity index (χ1v) is 6.57. The van der Waals surface area contributed by atoms with Crippen LogP contribution in [0.25, 0.3) is 10.8 Å². The Labute approximate surface area is 155 Å². The molecule has 1 aliphatic heterocycles. The SMILES string of the molecule is Cn1ccc2ccccc2c1=[N+]1[C-]=Nc2ccccc21.[CH3-].[Y]. The second-order valence-electron chi connectivity index (χ2n) is 4.87. The first kappa shape index (κ1) is 16.8. The van der Waals surface area contributed by atoms with Crippen molar-refractivity contribution in [2.75, 3.05) is 0 Å². The Morgan fingerprint density at radius 2 is 1.73 bits per heavy atom. The van der Waals surface area contributed by atoms with Crippen LogP contribution in [0.4, 0.5) is 11.4 Å². The molecule has 3 aromatic rings. The molecular formula is C18H16N3Y-.